The quantitative estimate of drug-likeness (QED) is 0.652. The number of aryl methyl sites for hydroxylation is 2. The molecule has 0 atom stereocenters. The van der Waals surface area contributed by atoms with Gasteiger partial charge in [0.2, 0.25) is 5.91 Å². The van der Waals surface area contributed by atoms with E-state index in [1.165, 1.54) is 0 Å². The molecular formula is C10H18N4O. The molecule has 1 aromatic rings. The maximum Gasteiger partial charge on any atom is 0.233 e. The van der Waals surface area contributed by atoms with Crippen molar-refractivity contribution in [3.05, 3.63) is 17.0 Å². The minimum atomic E-state index is 0.0244. The molecule has 0 saturated heterocycles. The van der Waals surface area contributed by atoms with E-state index in [4.69, 9.17) is 0 Å². The average Bonchev–Trinajstić information content (AvgIpc) is 2.49. The van der Waals surface area contributed by atoms with E-state index in [2.05, 4.69) is 20.8 Å². The Morgan fingerprint density at radius 2 is 2.20 bits per heavy atom. The standard InChI is InChI=1S/C10H18N4O/c1-4-12-10(15)6-11-5-9-7(2)13-14-8(9)3/h11H,4-6H2,1-3H3,(H,12,15)(H,13,14). The molecule has 15 heavy (non-hydrogen) atoms. The monoisotopic (exact) mass is 210 g/mol. The Hall–Kier alpha value is -1.36. The van der Waals surface area contributed by atoms with Crippen molar-refractivity contribution in [1.29, 1.82) is 0 Å². The lowest BCUT2D eigenvalue weighted by molar-refractivity contribution is -0.120. The summed E-state index contributed by atoms with van der Waals surface area (Å²) in [6.45, 7) is 7.52. The predicted molar refractivity (Wildman–Crippen MR) is 58.5 cm³/mol. The third kappa shape index (κ3) is 3.36. The van der Waals surface area contributed by atoms with Gasteiger partial charge in [0.15, 0.2) is 0 Å². The Balaban J connectivity index is 2.35. The van der Waals surface area contributed by atoms with E-state index < -0.39 is 0 Å². The lowest BCUT2D eigenvalue weighted by Gasteiger charge is -2.04. The van der Waals surface area contributed by atoms with Crippen molar-refractivity contribution in [3.8, 4) is 0 Å². The molecule has 0 unspecified atom stereocenters. The van der Waals surface area contributed by atoms with Crippen LogP contribution >= 0.6 is 0 Å². The number of likely N-dealkylation sites (N-methyl/N-ethyl adjacent to an activating group) is 1. The molecule has 0 fully saturated rings. The van der Waals surface area contributed by atoms with Crippen LogP contribution in [-0.2, 0) is 11.3 Å². The van der Waals surface area contributed by atoms with E-state index in [0.29, 0.717) is 19.6 Å². The maximum absolute atomic E-state index is 11.1. The van der Waals surface area contributed by atoms with Crippen molar-refractivity contribution in [2.24, 2.45) is 0 Å². The van der Waals surface area contributed by atoms with Crippen molar-refractivity contribution in [3.63, 3.8) is 0 Å². The fourth-order valence-electron chi connectivity index (χ4n) is 1.40. The van der Waals surface area contributed by atoms with Gasteiger partial charge in [0, 0.05) is 24.3 Å². The highest BCUT2D eigenvalue weighted by Crippen LogP contribution is 2.07. The van der Waals surface area contributed by atoms with Gasteiger partial charge in [0.25, 0.3) is 0 Å². The molecule has 0 radical (unpaired) electrons. The molecule has 5 heteroatoms. The van der Waals surface area contributed by atoms with Gasteiger partial charge in [0.1, 0.15) is 0 Å². The highest BCUT2D eigenvalue weighted by molar-refractivity contribution is 5.77. The second-order valence-corrected chi connectivity index (χ2v) is 3.47. The highest BCUT2D eigenvalue weighted by Gasteiger charge is 2.06. The van der Waals surface area contributed by atoms with Crippen LogP contribution in [0.15, 0.2) is 0 Å². The van der Waals surface area contributed by atoms with Crippen LogP contribution in [0.25, 0.3) is 0 Å². The van der Waals surface area contributed by atoms with E-state index in [-0.39, 0.29) is 5.91 Å². The number of amides is 1. The number of H-pyrrole nitrogens is 1. The van der Waals surface area contributed by atoms with Gasteiger partial charge in [0.05, 0.1) is 12.2 Å². The summed E-state index contributed by atoms with van der Waals surface area (Å²) in [6, 6.07) is 0. The molecule has 1 heterocycles. The van der Waals surface area contributed by atoms with Crippen LogP contribution in [0.2, 0.25) is 0 Å². The summed E-state index contributed by atoms with van der Waals surface area (Å²) in [6.07, 6.45) is 0. The topological polar surface area (TPSA) is 69.8 Å². The van der Waals surface area contributed by atoms with Crippen molar-refractivity contribution in [2.75, 3.05) is 13.1 Å². The Bertz CT molecular complexity index is 313. The highest BCUT2D eigenvalue weighted by atomic mass is 16.1. The lowest BCUT2D eigenvalue weighted by Crippen LogP contribution is -2.33. The van der Waals surface area contributed by atoms with E-state index in [1.807, 2.05) is 20.8 Å². The summed E-state index contributed by atoms with van der Waals surface area (Å²) in [7, 11) is 0. The third-order valence-corrected chi connectivity index (χ3v) is 2.24. The Morgan fingerprint density at radius 1 is 1.47 bits per heavy atom. The number of aromatic amines is 1. The molecule has 0 spiro atoms. The van der Waals surface area contributed by atoms with E-state index >= 15 is 0 Å². The second kappa shape index (κ2) is 5.50. The Morgan fingerprint density at radius 3 is 2.73 bits per heavy atom. The number of hydrogen-bond acceptors (Lipinski definition) is 3. The number of carbonyl (C=O) groups excluding carboxylic acids is 1. The first-order chi connectivity index (χ1) is 7.15. The predicted octanol–water partition coefficient (Wildman–Crippen LogP) is 0.252. The largest absolute Gasteiger partial charge is 0.355 e. The molecular weight excluding hydrogens is 192 g/mol. The molecule has 0 aliphatic heterocycles. The first kappa shape index (κ1) is 11.7. The van der Waals surface area contributed by atoms with Crippen molar-refractivity contribution in [1.82, 2.24) is 20.8 Å². The van der Waals surface area contributed by atoms with Gasteiger partial charge in [-0.05, 0) is 20.8 Å². The van der Waals surface area contributed by atoms with E-state index in [0.717, 1.165) is 17.0 Å². The van der Waals surface area contributed by atoms with Crippen LogP contribution in [0.4, 0.5) is 0 Å². The molecule has 1 aromatic heterocycles. The van der Waals surface area contributed by atoms with Crippen LogP contribution in [-0.4, -0.2) is 29.2 Å². The SMILES string of the molecule is CCNC(=O)CNCc1c(C)n[nH]c1C. The molecule has 0 saturated carbocycles. The maximum atomic E-state index is 11.1. The van der Waals surface area contributed by atoms with Crippen LogP contribution in [0.5, 0.6) is 0 Å². The zero-order valence-electron chi connectivity index (χ0n) is 9.48. The number of aromatic nitrogens is 2. The normalized spacial score (nSPS) is 10.3. The number of nitrogens with one attached hydrogen (secondary N) is 3. The second-order valence-electron chi connectivity index (χ2n) is 3.47. The minimum Gasteiger partial charge on any atom is -0.355 e. The summed E-state index contributed by atoms with van der Waals surface area (Å²) in [4.78, 5) is 11.1. The van der Waals surface area contributed by atoms with Crippen LogP contribution < -0.4 is 10.6 Å². The number of rotatable bonds is 5. The molecule has 0 aromatic carbocycles. The van der Waals surface area contributed by atoms with Gasteiger partial charge in [-0.2, -0.15) is 5.10 Å². The zero-order valence-corrected chi connectivity index (χ0v) is 9.48. The molecule has 5 nitrogen and oxygen atoms in total. The zero-order chi connectivity index (χ0) is 11.3. The van der Waals surface area contributed by atoms with Gasteiger partial charge in [-0.15, -0.1) is 0 Å². The molecule has 0 aliphatic carbocycles. The lowest BCUT2D eigenvalue weighted by atomic mass is 10.2. The molecule has 0 bridgehead atoms. The van der Waals surface area contributed by atoms with Gasteiger partial charge in [-0.25, -0.2) is 0 Å². The number of hydrogen-bond donors (Lipinski definition) is 3. The molecule has 1 rings (SSSR count). The number of carbonyl (C=O) groups is 1. The third-order valence-electron chi connectivity index (χ3n) is 2.24. The van der Waals surface area contributed by atoms with Crippen LogP contribution in [0.3, 0.4) is 0 Å². The van der Waals surface area contributed by atoms with Gasteiger partial charge in [-0.3, -0.25) is 9.89 Å². The van der Waals surface area contributed by atoms with E-state index in [9.17, 15) is 4.79 Å². The van der Waals surface area contributed by atoms with Crippen LogP contribution in [0.1, 0.15) is 23.9 Å². The fraction of sp³-hybridized carbons (Fsp3) is 0.600. The van der Waals surface area contributed by atoms with Crippen molar-refractivity contribution < 1.29 is 4.79 Å². The first-order valence-electron chi connectivity index (χ1n) is 5.13. The molecule has 0 aliphatic rings. The number of nitrogens with zero attached hydrogens (tertiary/aromatic N) is 1. The van der Waals surface area contributed by atoms with Crippen molar-refractivity contribution in [2.45, 2.75) is 27.3 Å². The molecule has 84 valence electrons. The smallest absolute Gasteiger partial charge is 0.233 e. The van der Waals surface area contributed by atoms with E-state index in [1.54, 1.807) is 0 Å². The Labute approximate surface area is 89.6 Å². The van der Waals surface area contributed by atoms with Crippen LogP contribution in [0, 0.1) is 13.8 Å². The summed E-state index contributed by atoms with van der Waals surface area (Å²) in [5.74, 6) is 0.0244. The molecule has 3 N–H and O–H groups in total. The fourth-order valence-corrected chi connectivity index (χ4v) is 1.40. The summed E-state index contributed by atoms with van der Waals surface area (Å²) in [5.41, 5.74) is 3.17. The van der Waals surface area contributed by atoms with Gasteiger partial charge >= 0.3 is 0 Å². The average molecular weight is 210 g/mol. The van der Waals surface area contributed by atoms with Gasteiger partial charge in [-0.1, -0.05) is 0 Å². The summed E-state index contributed by atoms with van der Waals surface area (Å²) in [5, 5.41) is 12.8. The summed E-state index contributed by atoms with van der Waals surface area (Å²) >= 11 is 0. The van der Waals surface area contributed by atoms with Crippen molar-refractivity contribution >= 4 is 5.91 Å². The molecule has 1 amide bonds. The summed E-state index contributed by atoms with van der Waals surface area (Å²) < 4.78 is 0. The Kier molecular flexibility index (Phi) is 4.30. The first-order valence-corrected chi connectivity index (χ1v) is 5.13. The minimum absolute atomic E-state index is 0.0244. The van der Waals surface area contributed by atoms with Gasteiger partial charge < -0.3 is 10.6 Å².